The van der Waals surface area contributed by atoms with Gasteiger partial charge in [-0.25, -0.2) is 0 Å². The minimum Gasteiger partial charge on any atom is -0.299 e. The van der Waals surface area contributed by atoms with Gasteiger partial charge >= 0.3 is 0 Å². The first-order chi connectivity index (χ1) is 9.30. The molecule has 1 heterocycles. The highest BCUT2D eigenvalue weighted by atomic mass is 32.1. The second-order valence-electron chi connectivity index (χ2n) is 6.57. The van der Waals surface area contributed by atoms with E-state index < -0.39 is 0 Å². The molecule has 0 bridgehead atoms. The van der Waals surface area contributed by atoms with E-state index in [9.17, 15) is 0 Å². The molecule has 1 nitrogen and oxygen atoms in total. The molecular formula is C17H25NS. The smallest absolute Gasteiger partial charge is 0.0233 e. The Kier molecular flexibility index (Phi) is 4.18. The molecule has 0 unspecified atom stereocenters. The Morgan fingerprint density at radius 1 is 1.11 bits per heavy atom. The molecule has 1 saturated heterocycles. The van der Waals surface area contributed by atoms with E-state index in [2.05, 4.69) is 47.9 Å². The van der Waals surface area contributed by atoms with Gasteiger partial charge in [-0.05, 0) is 61.3 Å². The molecule has 0 amide bonds. The average molecular weight is 275 g/mol. The molecule has 0 aromatic heterocycles. The van der Waals surface area contributed by atoms with Gasteiger partial charge in [-0.1, -0.05) is 30.3 Å². The molecule has 1 saturated carbocycles. The van der Waals surface area contributed by atoms with Gasteiger partial charge in [0.2, 0.25) is 0 Å². The molecule has 2 heteroatoms. The third-order valence-corrected chi connectivity index (χ3v) is 5.71. The van der Waals surface area contributed by atoms with Crippen LogP contribution < -0.4 is 0 Å². The minimum absolute atomic E-state index is 0.647. The number of benzene rings is 1. The maximum atomic E-state index is 4.47. The van der Waals surface area contributed by atoms with Crippen LogP contribution in [0.2, 0.25) is 0 Å². The summed E-state index contributed by atoms with van der Waals surface area (Å²) in [6.07, 6.45) is 7.09. The zero-order valence-electron chi connectivity index (χ0n) is 11.7. The van der Waals surface area contributed by atoms with Gasteiger partial charge in [0.05, 0.1) is 0 Å². The summed E-state index contributed by atoms with van der Waals surface area (Å²) in [4.78, 5) is 2.66. The lowest BCUT2D eigenvalue weighted by Gasteiger charge is -2.37. The highest BCUT2D eigenvalue weighted by Gasteiger charge is 2.40. The lowest BCUT2D eigenvalue weighted by Crippen LogP contribution is -2.31. The predicted molar refractivity (Wildman–Crippen MR) is 84.6 cm³/mol. The molecule has 3 rings (SSSR count). The molecule has 0 radical (unpaired) electrons. The number of hydrogen-bond donors (Lipinski definition) is 1. The van der Waals surface area contributed by atoms with Crippen LogP contribution >= 0.6 is 12.6 Å². The first-order valence-corrected chi connectivity index (χ1v) is 8.30. The number of thiol groups is 1. The second-order valence-corrected chi connectivity index (χ2v) is 6.94. The molecule has 0 atom stereocenters. The maximum Gasteiger partial charge on any atom is 0.0233 e. The Morgan fingerprint density at radius 3 is 2.53 bits per heavy atom. The van der Waals surface area contributed by atoms with Crippen molar-refractivity contribution >= 4 is 12.6 Å². The van der Waals surface area contributed by atoms with Gasteiger partial charge in [-0.3, -0.25) is 4.90 Å². The number of rotatable bonds is 3. The molecule has 1 aliphatic carbocycles. The van der Waals surface area contributed by atoms with Crippen molar-refractivity contribution in [2.75, 3.05) is 18.8 Å². The first-order valence-electron chi connectivity index (χ1n) is 7.67. The van der Waals surface area contributed by atoms with Crippen molar-refractivity contribution in [2.45, 2.75) is 38.6 Å². The summed E-state index contributed by atoms with van der Waals surface area (Å²) in [6.45, 7) is 3.75. The number of likely N-dealkylation sites (tertiary alicyclic amines) is 1. The van der Waals surface area contributed by atoms with E-state index in [4.69, 9.17) is 0 Å². The summed E-state index contributed by atoms with van der Waals surface area (Å²) in [6, 6.07) is 10.9. The van der Waals surface area contributed by atoms with Crippen LogP contribution in [0, 0.1) is 11.3 Å². The van der Waals surface area contributed by atoms with Crippen LogP contribution in [0.4, 0.5) is 0 Å². The van der Waals surface area contributed by atoms with Crippen molar-refractivity contribution in [1.29, 1.82) is 0 Å². The summed E-state index contributed by atoms with van der Waals surface area (Å²) in [7, 11) is 0. The summed E-state index contributed by atoms with van der Waals surface area (Å²) in [5.41, 5.74) is 2.11. The summed E-state index contributed by atoms with van der Waals surface area (Å²) >= 11 is 4.47. The lowest BCUT2D eigenvalue weighted by molar-refractivity contribution is 0.157. The maximum absolute atomic E-state index is 4.47. The van der Waals surface area contributed by atoms with Crippen molar-refractivity contribution in [3.8, 4) is 0 Å². The first kappa shape index (κ1) is 13.5. The largest absolute Gasteiger partial charge is 0.299 e. The zero-order valence-corrected chi connectivity index (χ0v) is 12.6. The van der Waals surface area contributed by atoms with Gasteiger partial charge in [0.15, 0.2) is 0 Å². The average Bonchev–Trinajstić information content (AvgIpc) is 2.84. The fourth-order valence-electron chi connectivity index (χ4n) is 3.88. The molecule has 2 fully saturated rings. The van der Waals surface area contributed by atoms with Crippen LogP contribution in [0.15, 0.2) is 30.3 Å². The Hall–Kier alpha value is -0.470. The van der Waals surface area contributed by atoms with Gasteiger partial charge in [0.25, 0.3) is 0 Å². The Labute approximate surface area is 122 Å². The summed E-state index contributed by atoms with van der Waals surface area (Å²) in [5.74, 6) is 1.97. The number of hydrogen-bond acceptors (Lipinski definition) is 2. The van der Waals surface area contributed by atoms with Gasteiger partial charge in [-0.15, -0.1) is 0 Å². The fraction of sp³-hybridized carbons (Fsp3) is 0.647. The normalized spacial score (nSPS) is 31.9. The van der Waals surface area contributed by atoms with Gasteiger partial charge < -0.3 is 0 Å². The van der Waals surface area contributed by atoms with Gasteiger partial charge in [0.1, 0.15) is 0 Å². The van der Waals surface area contributed by atoms with Crippen LogP contribution in [0.25, 0.3) is 0 Å². The molecule has 1 spiro atoms. The fourth-order valence-corrected chi connectivity index (χ4v) is 4.25. The monoisotopic (exact) mass is 275 g/mol. The van der Waals surface area contributed by atoms with E-state index in [0.717, 1.165) is 18.2 Å². The Morgan fingerprint density at radius 2 is 1.84 bits per heavy atom. The topological polar surface area (TPSA) is 3.24 Å². The standard InChI is InChI=1S/C17H25NS/c19-13-16-6-8-17(9-7-16)10-11-18(14-17)12-15-4-2-1-3-5-15/h1-5,16,19H,6-14H2. The zero-order chi connectivity index (χ0) is 13.1. The third-order valence-electron chi connectivity index (χ3n) is 5.19. The minimum atomic E-state index is 0.647. The van der Waals surface area contributed by atoms with Gasteiger partial charge in [0, 0.05) is 13.1 Å². The molecule has 2 aliphatic rings. The van der Waals surface area contributed by atoms with Crippen molar-refractivity contribution in [1.82, 2.24) is 4.90 Å². The highest BCUT2D eigenvalue weighted by Crippen LogP contribution is 2.45. The van der Waals surface area contributed by atoms with Crippen LogP contribution in [-0.2, 0) is 6.54 Å². The predicted octanol–water partition coefficient (Wildman–Crippen LogP) is 4.00. The Balaban J connectivity index is 1.56. The van der Waals surface area contributed by atoms with Crippen molar-refractivity contribution in [2.24, 2.45) is 11.3 Å². The van der Waals surface area contributed by atoms with Crippen LogP contribution in [0.5, 0.6) is 0 Å². The SMILES string of the molecule is SCC1CCC2(CC1)CCN(Cc1ccccc1)C2. The van der Waals surface area contributed by atoms with E-state index in [0.29, 0.717) is 5.41 Å². The molecular weight excluding hydrogens is 250 g/mol. The van der Waals surface area contributed by atoms with E-state index in [1.165, 1.54) is 50.8 Å². The van der Waals surface area contributed by atoms with E-state index in [-0.39, 0.29) is 0 Å². The lowest BCUT2D eigenvalue weighted by atomic mass is 9.70. The molecule has 104 valence electrons. The van der Waals surface area contributed by atoms with Gasteiger partial charge in [-0.2, -0.15) is 12.6 Å². The third kappa shape index (κ3) is 3.17. The van der Waals surface area contributed by atoms with Crippen molar-refractivity contribution in [3.05, 3.63) is 35.9 Å². The van der Waals surface area contributed by atoms with Crippen LogP contribution in [-0.4, -0.2) is 23.7 Å². The molecule has 1 aliphatic heterocycles. The van der Waals surface area contributed by atoms with Crippen molar-refractivity contribution < 1.29 is 0 Å². The molecule has 0 N–H and O–H groups in total. The molecule has 1 aromatic rings. The van der Waals surface area contributed by atoms with E-state index in [1.54, 1.807) is 0 Å². The quantitative estimate of drug-likeness (QED) is 0.816. The molecule has 19 heavy (non-hydrogen) atoms. The second kappa shape index (κ2) is 5.88. The van der Waals surface area contributed by atoms with E-state index >= 15 is 0 Å². The van der Waals surface area contributed by atoms with Crippen molar-refractivity contribution in [3.63, 3.8) is 0 Å². The van der Waals surface area contributed by atoms with Crippen LogP contribution in [0.1, 0.15) is 37.7 Å². The summed E-state index contributed by atoms with van der Waals surface area (Å²) in [5, 5.41) is 0. The highest BCUT2D eigenvalue weighted by molar-refractivity contribution is 7.80. The summed E-state index contributed by atoms with van der Waals surface area (Å²) < 4.78 is 0. The van der Waals surface area contributed by atoms with E-state index in [1.807, 2.05) is 0 Å². The van der Waals surface area contributed by atoms with Crippen LogP contribution in [0.3, 0.4) is 0 Å². The Bertz CT molecular complexity index is 395. The number of nitrogens with zero attached hydrogens (tertiary/aromatic N) is 1. The molecule has 1 aromatic carbocycles.